The molecule has 0 spiro atoms. The van der Waals surface area contributed by atoms with Crippen LogP contribution in [0.3, 0.4) is 0 Å². The molecular formula is C15H21N3O2S. The third kappa shape index (κ3) is 3.81. The number of carbonyl (C=O) groups is 2. The van der Waals surface area contributed by atoms with Crippen LogP contribution >= 0.6 is 11.3 Å². The molecule has 1 N–H and O–H groups in total. The van der Waals surface area contributed by atoms with Crippen molar-refractivity contribution >= 4 is 28.3 Å². The third-order valence-electron chi connectivity index (χ3n) is 4.02. The Morgan fingerprint density at radius 3 is 2.52 bits per heavy atom. The quantitative estimate of drug-likeness (QED) is 0.877. The third-order valence-corrected chi connectivity index (χ3v) is 5.01. The molecule has 21 heavy (non-hydrogen) atoms. The van der Waals surface area contributed by atoms with Crippen LogP contribution in [0.4, 0.5) is 5.13 Å². The average Bonchev–Trinajstić information content (AvgIpc) is 3.31. The lowest BCUT2D eigenvalue weighted by atomic mass is 10.3. The molecule has 114 valence electrons. The molecule has 3 rings (SSSR count). The maximum atomic E-state index is 12.2. The van der Waals surface area contributed by atoms with E-state index < -0.39 is 0 Å². The van der Waals surface area contributed by atoms with E-state index in [9.17, 15) is 9.59 Å². The maximum Gasteiger partial charge on any atom is 0.245 e. The molecule has 0 aliphatic heterocycles. The Hall–Kier alpha value is -1.43. The van der Waals surface area contributed by atoms with Crippen LogP contribution in [-0.4, -0.2) is 34.8 Å². The van der Waals surface area contributed by atoms with Gasteiger partial charge in [-0.25, -0.2) is 4.98 Å². The van der Waals surface area contributed by atoms with Gasteiger partial charge in [-0.3, -0.25) is 9.59 Å². The zero-order valence-electron chi connectivity index (χ0n) is 12.5. The van der Waals surface area contributed by atoms with E-state index >= 15 is 0 Å². The van der Waals surface area contributed by atoms with Crippen molar-refractivity contribution in [1.29, 1.82) is 0 Å². The molecule has 1 aromatic rings. The van der Waals surface area contributed by atoms with Crippen molar-refractivity contribution in [2.45, 2.75) is 39.5 Å². The van der Waals surface area contributed by atoms with Crippen molar-refractivity contribution in [3.05, 3.63) is 10.6 Å². The second-order valence-electron chi connectivity index (χ2n) is 6.15. The summed E-state index contributed by atoms with van der Waals surface area (Å²) in [7, 11) is 0. The van der Waals surface area contributed by atoms with Crippen molar-refractivity contribution in [3.63, 3.8) is 0 Å². The smallest absolute Gasteiger partial charge is 0.245 e. The first-order chi connectivity index (χ1) is 10.0. The molecule has 0 unspecified atom stereocenters. The van der Waals surface area contributed by atoms with E-state index in [1.165, 1.54) is 24.2 Å². The summed E-state index contributed by atoms with van der Waals surface area (Å²) in [6.45, 7) is 4.80. The summed E-state index contributed by atoms with van der Waals surface area (Å²) in [5.41, 5.74) is 0.944. The summed E-state index contributed by atoms with van der Waals surface area (Å²) in [5.74, 6) is 0.785. The molecule has 0 saturated heterocycles. The number of nitrogens with zero attached hydrogens (tertiary/aromatic N) is 2. The minimum absolute atomic E-state index is 0.140. The van der Waals surface area contributed by atoms with Crippen LogP contribution in [0.5, 0.6) is 0 Å². The molecule has 0 atom stereocenters. The molecule has 2 amide bonds. The van der Waals surface area contributed by atoms with Gasteiger partial charge in [-0.05, 0) is 45.4 Å². The monoisotopic (exact) mass is 307 g/mol. The molecule has 0 aromatic carbocycles. The predicted octanol–water partition coefficient (Wildman–Crippen LogP) is 2.35. The van der Waals surface area contributed by atoms with E-state index in [1.807, 2.05) is 13.8 Å². The highest BCUT2D eigenvalue weighted by atomic mass is 32.1. The number of anilines is 1. The average molecular weight is 307 g/mol. The molecule has 2 aliphatic carbocycles. The normalized spacial score (nSPS) is 17.6. The number of carbonyl (C=O) groups excluding carboxylic acids is 2. The minimum atomic E-state index is -0.140. The van der Waals surface area contributed by atoms with Crippen molar-refractivity contribution < 1.29 is 9.59 Å². The van der Waals surface area contributed by atoms with Crippen LogP contribution in [0.15, 0.2) is 0 Å². The van der Waals surface area contributed by atoms with E-state index in [1.54, 1.807) is 4.90 Å². The summed E-state index contributed by atoms with van der Waals surface area (Å²) in [6.07, 6.45) is 4.32. The van der Waals surface area contributed by atoms with Gasteiger partial charge in [0.05, 0.1) is 12.2 Å². The van der Waals surface area contributed by atoms with Gasteiger partial charge in [0.1, 0.15) is 0 Å². The maximum absolute atomic E-state index is 12.2. The van der Waals surface area contributed by atoms with Gasteiger partial charge in [-0.1, -0.05) is 0 Å². The van der Waals surface area contributed by atoms with Crippen LogP contribution in [-0.2, 0) is 9.59 Å². The number of aromatic nitrogens is 1. The summed E-state index contributed by atoms with van der Waals surface area (Å²) in [4.78, 5) is 31.6. The largest absolute Gasteiger partial charge is 0.333 e. The molecule has 1 heterocycles. The molecule has 0 bridgehead atoms. The highest BCUT2D eigenvalue weighted by molar-refractivity contribution is 7.15. The molecule has 2 saturated carbocycles. The van der Waals surface area contributed by atoms with Crippen LogP contribution in [0.1, 0.15) is 36.3 Å². The van der Waals surface area contributed by atoms with E-state index in [4.69, 9.17) is 0 Å². The number of rotatable bonds is 6. The van der Waals surface area contributed by atoms with Gasteiger partial charge in [-0.15, -0.1) is 11.3 Å². The Morgan fingerprint density at radius 2 is 2.00 bits per heavy atom. The lowest BCUT2D eigenvalue weighted by Crippen LogP contribution is -2.40. The fraction of sp³-hybridized carbons (Fsp3) is 0.667. The Morgan fingerprint density at radius 1 is 1.29 bits per heavy atom. The second-order valence-corrected chi connectivity index (χ2v) is 7.35. The number of amides is 2. The Labute approximate surface area is 128 Å². The van der Waals surface area contributed by atoms with E-state index in [-0.39, 0.29) is 24.3 Å². The molecule has 5 nitrogen and oxygen atoms in total. The van der Waals surface area contributed by atoms with Crippen molar-refractivity contribution in [2.75, 3.05) is 18.4 Å². The number of aryl methyl sites for hydroxylation is 2. The van der Waals surface area contributed by atoms with Gasteiger partial charge < -0.3 is 10.2 Å². The van der Waals surface area contributed by atoms with Crippen molar-refractivity contribution in [3.8, 4) is 0 Å². The molecule has 1 aromatic heterocycles. The first-order valence-electron chi connectivity index (χ1n) is 7.55. The number of nitrogens with one attached hydrogen (secondary N) is 1. The van der Waals surface area contributed by atoms with Gasteiger partial charge in [0.15, 0.2) is 5.13 Å². The first-order valence-corrected chi connectivity index (χ1v) is 8.37. The van der Waals surface area contributed by atoms with Crippen molar-refractivity contribution in [1.82, 2.24) is 9.88 Å². The summed E-state index contributed by atoms with van der Waals surface area (Å²) in [6, 6.07) is 0. The molecule has 2 fully saturated rings. The summed E-state index contributed by atoms with van der Waals surface area (Å²) in [5, 5.41) is 3.44. The second kappa shape index (κ2) is 5.75. The topological polar surface area (TPSA) is 62.3 Å². The fourth-order valence-electron chi connectivity index (χ4n) is 2.29. The molecule has 0 radical (unpaired) electrons. The minimum Gasteiger partial charge on any atom is -0.333 e. The van der Waals surface area contributed by atoms with Crippen LogP contribution < -0.4 is 5.32 Å². The Kier molecular flexibility index (Phi) is 3.97. The van der Waals surface area contributed by atoms with Gasteiger partial charge in [-0.2, -0.15) is 0 Å². The summed E-state index contributed by atoms with van der Waals surface area (Å²) < 4.78 is 0. The predicted molar refractivity (Wildman–Crippen MR) is 82.2 cm³/mol. The van der Waals surface area contributed by atoms with Crippen LogP contribution in [0.2, 0.25) is 0 Å². The van der Waals surface area contributed by atoms with Gasteiger partial charge >= 0.3 is 0 Å². The zero-order chi connectivity index (χ0) is 15.0. The molecule has 2 aliphatic rings. The lowest BCUT2D eigenvalue weighted by Gasteiger charge is -2.21. The lowest BCUT2D eigenvalue weighted by molar-refractivity contribution is -0.136. The van der Waals surface area contributed by atoms with E-state index in [0.29, 0.717) is 11.0 Å². The highest BCUT2D eigenvalue weighted by Crippen LogP contribution is 2.34. The van der Waals surface area contributed by atoms with Gasteiger partial charge in [0.25, 0.3) is 0 Å². The van der Waals surface area contributed by atoms with Crippen LogP contribution in [0.25, 0.3) is 0 Å². The number of thiazole rings is 1. The van der Waals surface area contributed by atoms with Gasteiger partial charge in [0, 0.05) is 17.3 Å². The Balaban J connectivity index is 1.58. The molecular weight excluding hydrogens is 286 g/mol. The van der Waals surface area contributed by atoms with Crippen LogP contribution in [0, 0.1) is 25.7 Å². The molecule has 6 heteroatoms. The summed E-state index contributed by atoms with van der Waals surface area (Å²) >= 11 is 1.48. The highest BCUT2D eigenvalue weighted by Gasteiger charge is 2.36. The van der Waals surface area contributed by atoms with E-state index in [0.717, 1.165) is 30.0 Å². The standard InChI is InChI=1S/C15H21N3O2S/c1-9-10(2)21-15(16-9)17-13(19)8-18(7-11-3-4-11)14(20)12-5-6-12/h11-12H,3-8H2,1-2H3,(H,16,17,19). The SMILES string of the molecule is Cc1nc(NC(=O)CN(CC2CC2)C(=O)C2CC2)sc1C. The number of hydrogen-bond donors (Lipinski definition) is 1. The van der Waals surface area contributed by atoms with Crippen molar-refractivity contribution in [2.24, 2.45) is 11.8 Å². The van der Waals surface area contributed by atoms with Gasteiger partial charge in [0.2, 0.25) is 11.8 Å². The Bertz CT molecular complexity index is 542. The van der Waals surface area contributed by atoms with E-state index in [2.05, 4.69) is 10.3 Å². The number of hydrogen-bond acceptors (Lipinski definition) is 4. The fourth-order valence-corrected chi connectivity index (χ4v) is 3.12. The first kappa shape index (κ1) is 14.5. The zero-order valence-corrected chi connectivity index (χ0v) is 13.3.